The second-order valence-electron chi connectivity index (χ2n) is 5.86. The second-order valence-corrected chi connectivity index (χ2v) is 6.27. The summed E-state index contributed by atoms with van der Waals surface area (Å²) in [6.45, 7) is 1.44. The molecule has 2 aromatic rings. The van der Waals surface area contributed by atoms with Crippen molar-refractivity contribution >= 4 is 23.5 Å². The Bertz CT molecular complexity index is 800. The average Bonchev–Trinajstić information content (AvgIpc) is 3.32. The van der Waals surface area contributed by atoms with E-state index in [0.717, 1.165) is 17.7 Å². The summed E-state index contributed by atoms with van der Waals surface area (Å²) >= 11 is 6.24. The number of carboxylic acid groups (broad SMARTS) is 1. The molecule has 1 aromatic carbocycles. The highest BCUT2D eigenvalue weighted by atomic mass is 35.5. The summed E-state index contributed by atoms with van der Waals surface area (Å²) in [6, 6.07) is 6.23. The molecule has 1 fully saturated rings. The minimum absolute atomic E-state index is 0.0209. The van der Waals surface area contributed by atoms with Gasteiger partial charge in [-0.2, -0.15) is 0 Å². The molecule has 0 saturated heterocycles. The van der Waals surface area contributed by atoms with E-state index in [4.69, 9.17) is 16.7 Å². The van der Waals surface area contributed by atoms with Gasteiger partial charge in [-0.25, -0.2) is 14.5 Å². The van der Waals surface area contributed by atoms with Crippen LogP contribution in [0.15, 0.2) is 24.3 Å². The van der Waals surface area contributed by atoms with E-state index in [0.29, 0.717) is 16.5 Å². The number of benzene rings is 1. The SMILES string of the molecule is C[C@@H](C(=O)O)N(C)C(=O)c1nc(C2CC2)n(-c2ccccc2Cl)n1. The predicted molar refractivity (Wildman–Crippen MR) is 87.5 cm³/mol. The zero-order valence-corrected chi connectivity index (χ0v) is 14.1. The number of carbonyl (C=O) groups is 2. The topological polar surface area (TPSA) is 88.3 Å². The van der Waals surface area contributed by atoms with Gasteiger partial charge in [-0.1, -0.05) is 23.7 Å². The second kappa shape index (κ2) is 6.24. The van der Waals surface area contributed by atoms with Crippen LogP contribution in [0.3, 0.4) is 0 Å². The summed E-state index contributed by atoms with van der Waals surface area (Å²) in [4.78, 5) is 29.1. The summed E-state index contributed by atoms with van der Waals surface area (Å²) in [6.07, 6.45) is 1.97. The van der Waals surface area contributed by atoms with Crippen molar-refractivity contribution in [2.24, 2.45) is 0 Å². The maximum atomic E-state index is 12.5. The Morgan fingerprint density at radius 3 is 2.62 bits per heavy atom. The first kappa shape index (κ1) is 16.4. The number of amides is 1. The van der Waals surface area contributed by atoms with E-state index in [2.05, 4.69) is 10.1 Å². The lowest BCUT2D eigenvalue weighted by molar-refractivity contribution is -0.141. The average molecular weight is 349 g/mol. The molecule has 1 saturated carbocycles. The van der Waals surface area contributed by atoms with E-state index in [1.54, 1.807) is 16.8 Å². The van der Waals surface area contributed by atoms with E-state index < -0.39 is 17.9 Å². The molecule has 1 aliphatic rings. The van der Waals surface area contributed by atoms with Gasteiger partial charge in [0.1, 0.15) is 11.9 Å². The number of hydrogen-bond acceptors (Lipinski definition) is 4. The summed E-state index contributed by atoms with van der Waals surface area (Å²) in [5.41, 5.74) is 0.654. The molecule has 1 N–H and O–H groups in total. The molecule has 0 bridgehead atoms. The van der Waals surface area contributed by atoms with Gasteiger partial charge in [0, 0.05) is 13.0 Å². The number of nitrogens with zero attached hydrogens (tertiary/aromatic N) is 4. The van der Waals surface area contributed by atoms with E-state index in [1.165, 1.54) is 14.0 Å². The number of halogens is 1. The number of carboxylic acids is 1. The van der Waals surface area contributed by atoms with Crippen LogP contribution in [0.4, 0.5) is 0 Å². The molecule has 1 aromatic heterocycles. The van der Waals surface area contributed by atoms with Crippen LogP contribution in [0.2, 0.25) is 5.02 Å². The Balaban J connectivity index is 1.99. The van der Waals surface area contributed by atoms with Crippen molar-refractivity contribution < 1.29 is 14.7 Å². The van der Waals surface area contributed by atoms with Crippen LogP contribution >= 0.6 is 11.6 Å². The van der Waals surface area contributed by atoms with Gasteiger partial charge in [-0.3, -0.25) is 4.79 Å². The first-order valence-electron chi connectivity index (χ1n) is 7.62. The molecule has 0 aliphatic heterocycles. The third-order valence-electron chi connectivity index (χ3n) is 4.11. The molecule has 0 unspecified atom stereocenters. The zero-order chi connectivity index (χ0) is 17.4. The molecule has 1 atom stereocenters. The summed E-state index contributed by atoms with van der Waals surface area (Å²) in [5, 5.41) is 13.9. The molecule has 1 amide bonds. The quantitative estimate of drug-likeness (QED) is 0.896. The first-order chi connectivity index (χ1) is 11.4. The highest BCUT2D eigenvalue weighted by Crippen LogP contribution is 2.40. The van der Waals surface area contributed by atoms with Gasteiger partial charge in [0.25, 0.3) is 5.91 Å². The van der Waals surface area contributed by atoms with E-state index in [1.807, 2.05) is 12.1 Å². The highest BCUT2D eigenvalue weighted by molar-refractivity contribution is 6.32. The van der Waals surface area contributed by atoms with Crippen LogP contribution < -0.4 is 0 Å². The molecule has 0 radical (unpaired) electrons. The fourth-order valence-corrected chi connectivity index (χ4v) is 2.54. The first-order valence-corrected chi connectivity index (χ1v) is 7.99. The number of aliphatic carboxylic acids is 1. The van der Waals surface area contributed by atoms with Crippen LogP contribution in [0.25, 0.3) is 5.69 Å². The maximum absolute atomic E-state index is 12.5. The Labute approximate surface area is 143 Å². The van der Waals surface area contributed by atoms with Gasteiger partial charge in [-0.15, -0.1) is 5.10 Å². The summed E-state index contributed by atoms with van der Waals surface area (Å²) < 4.78 is 1.59. The van der Waals surface area contributed by atoms with E-state index in [9.17, 15) is 9.59 Å². The van der Waals surface area contributed by atoms with E-state index >= 15 is 0 Å². The lowest BCUT2D eigenvalue weighted by Crippen LogP contribution is -2.40. The van der Waals surface area contributed by atoms with Crippen molar-refractivity contribution in [2.45, 2.75) is 31.7 Å². The van der Waals surface area contributed by atoms with Crippen LogP contribution in [-0.2, 0) is 4.79 Å². The number of carbonyl (C=O) groups excluding carboxylic acids is 1. The van der Waals surface area contributed by atoms with E-state index in [-0.39, 0.29) is 11.7 Å². The normalized spacial score (nSPS) is 15.1. The molecule has 1 heterocycles. The van der Waals surface area contributed by atoms with Gasteiger partial charge >= 0.3 is 5.97 Å². The lowest BCUT2D eigenvalue weighted by atomic mass is 10.3. The van der Waals surface area contributed by atoms with Crippen LogP contribution in [0, 0.1) is 0 Å². The fourth-order valence-electron chi connectivity index (χ4n) is 2.32. The molecule has 126 valence electrons. The molecule has 7 nitrogen and oxygen atoms in total. The van der Waals surface area contributed by atoms with Crippen LogP contribution in [0.5, 0.6) is 0 Å². The Morgan fingerprint density at radius 1 is 1.38 bits per heavy atom. The Kier molecular flexibility index (Phi) is 4.28. The standard InChI is InChI=1S/C16H17ClN4O3/c1-9(16(23)24)20(2)15(22)13-18-14(10-7-8-10)21(19-13)12-6-4-3-5-11(12)17/h3-6,9-10H,7-8H2,1-2H3,(H,23,24)/t9-/m0/s1. The highest BCUT2D eigenvalue weighted by Gasteiger charge is 2.33. The number of aromatic nitrogens is 3. The molecule has 24 heavy (non-hydrogen) atoms. The zero-order valence-electron chi connectivity index (χ0n) is 13.3. The predicted octanol–water partition coefficient (Wildman–Crippen LogP) is 2.34. The number of hydrogen-bond donors (Lipinski definition) is 1. The minimum atomic E-state index is -1.08. The Morgan fingerprint density at radius 2 is 2.04 bits per heavy atom. The van der Waals surface area contributed by atoms with Gasteiger partial charge < -0.3 is 10.0 Å². The van der Waals surface area contributed by atoms with Crippen LogP contribution in [0.1, 0.15) is 42.1 Å². The van der Waals surface area contributed by atoms with Gasteiger partial charge in [0.05, 0.1) is 10.7 Å². The third kappa shape index (κ3) is 2.99. The van der Waals surface area contributed by atoms with Crippen molar-refractivity contribution in [2.75, 3.05) is 7.05 Å². The summed E-state index contributed by atoms with van der Waals surface area (Å²) in [5.74, 6) is -0.704. The smallest absolute Gasteiger partial charge is 0.326 e. The summed E-state index contributed by atoms with van der Waals surface area (Å²) in [7, 11) is 1.42. The molecule has 0 spiro atoms. The van der Waals surface area contributed by atoms with Crippen molar-refractivity contribution in [3.05, 3.63) is 40.9 Å². The molecule has 8 heteroatoms. The van der Waals surface area contributed by atoms with Crippen molar-refractivity contribution in [1.29, 1.82) is 0 Å². The van der Waals surface area contributed by atoms with Crippen LogP contribution in [-0.4, -0.2) is 49.7 Å². The molecule has 1 aliphatic carbocycles. The van der Waals surface area contributed by atoms with Crippen molar-refractivity contribution in [3.8, 4) is 5.69 Å². The maximum Gasteiger partial charge on any atom is 0.326 e. The molecule has 3 rings (SSSR count). The van der Waals surface area contributed by atoms with Gasteiger partial charge in [0.2, 0.25) is 5.82 Å². The number of rotatable bonds is 5. The monoisotopic (exact) mass is 348 g/mol. The third-order valence-corrected chi connectivity index (χ3v) is 4.42. The van der Waals surface area contributed by atoms with Crippen molar-refractivity contribution in [3.63, 3.8) is 0 Å². The van der Waals surface area contributed by atoms with Gasteiger partial charge in [0.15, 0.2) is 0 Å². The Hall–Kier alpha value is -2.41. The van der Waals surface area contributed by atoms with Gasteiger partial charge in [-0.05, 0) is 31.9 Å². The number of likely N-dealkylation sites (N-methyl/N-ethyl adjacent to an activating group) is 1. The molecular weight excluding hydrogens is 332 g/mol. The minimum Gasteiger partial charge on any atom is -0.480 e. The fraction of sp³-hybridized carbons (Fsp3) is 0.375. The molecular formula is C16H17ClN4O3. The lowest BCUT2D eigenvalue weighted by Gasteiger charge is -2.19. The number of para-hydroxylation sites is 1. The van der Waals surface area contributed by atoms with Crippen molar-refractivity contribution in [1.82, 2.24) is 19.7 Å². The largest absolute Gasteiger partial charge is 0.480 e.